The molecule has 7 heteroatoms. The summed E-state index contributed by atoms with van der Waals surface area (Å²) in [5, 5.41) is 15.2. The number of halogens is 1. The zero-order chi connectivity index (χ0) is 15.8. The summed E-state index contributed by atoms with van der Waals surface area (Å²) in [6.45, 7) is 3.30. The summed E-state index contributed by atoms with van der Waals surface area (Å²) >= 11 is 6.18. The van der Waals surface area contributed by atoms with Gasteiger partial charge >= 0.3 is 0 Å². The molecule has 2 heterocycles. The van der Waals surface area contributed by atoms with Gasteiger partial charge in [0.05, 0.1) is 22.9 Å². The highest BCUT2D eigenvalue weighted by Crippen LogP contribution is 2.26. The normalized spacial score (nSPS) is 22.9. The van der Waals surface area contributed by atoms with Crippen LogP contribution < -0.4 is 0 Å². The van der Waals surface area contributed by atoms with Crippen LogP contribution in [0, 0.1) is 6.92 Å². The first-order valence-corrected chi connectivity index (χ1v) is 7.47. The second-order valence-corrected chi connectivity index (χ2v) is 6.54. The molecular formula is C14H23ClN4O2. The number of hydrogen-bond acceptors (Lipinski definition) is 4. The lowest BCUT2D eigenvalue weighted by atomic mass is 9.92. The number of likely N-dealkylation sites (N-methyl/N-ethyl adjacent to an activating group) is 1. The zero-order valence-electron chi connectivity index (χ0n) is 13.1. The molecule has 1 saturated heterocycles. The monoisotopic (exact) mass is 314 g/mol. The Morgan fingerprint density at radius 1 is 1.52 bits per heavy atom. The number of likely N-dealkylation sites (tertiary alicyclic amines) is 1. The van der Waals surface area contributed by atoms with Crippen LogP contribution in [0.5, 0.6) is 0 Å². The Morgan fingerprint density at radius 3 is 2.71 bits per heavy atom. The van der Waals surface area contributed by atoms with Crippen LogP contribution in [0.25, 0.3) is 0 Å². The first kappa shape index (κ1) is 16.3. The van der Waals surface area contributed by atoms with Crippen molar-refractivity contribution in [3.05, 3.63) is 16.4 Å². The van der Waals surface area contributed by atoms with Gasteiger partial charge < -0.3 is 14.9 Å². The Kier molecular flexibility index (Phi) is 4.60. The number of amides is 1. The van der Waals surface area contributed by atoms with Crippen LogP contribution >= 0.6 is 11.6 Å². The van der Waals surface area contributed by atoms with Crippen LogP contribution in [0.1, 0.15) is 29.0 Å². The van der Waals surface area contributed by atoms with E-state index in [4.69, 9.17) is 11.6 Å². The van der Waals surface area contributed by atoms with E-state index < -0.39 is 5.60 Å². The van der Waals surface area contributed by atoms with E-state index in [2.05, 4.69) is 5.10 Å². The fourth-order valence-electron chi connectivity index (χ4n) is 2.87. The topological polar surface area (TPSA) is 61.6 Å². The van der Waals surface area contributed by atoms with Crippen molar-refractivity contribution >= 4 is 17.5 Å². The molecule has 0 spiro atoms. The molecule has 1 aliphatic rings. The van der Waals surface area contributed by atoms with Gasteiger partial charge in [-0.2, -0.15) is 5.10 Å². The molecule has 1 amide bonds. The first-order chi connectivity index (χ1) is 9.73. The quantitative estimate of drug-likeness (QED) is 0.901. The van der Waals surface area contributed by atoms with Crippen molar-refractivity contribution in [1.82, 2.24) is 19.6 Å². The second kappa shape index (κ2) is 5.94. The van der Waals surface area contributed by atoms with E-state index in [0.29, 0.717) is 31.1 Å². The number of rotatable bonds is 3. The summed E-state index contributed by atoms with van der Waals surface area (Å²) in [5.74, 6) is -0.208. The van der Waals surface area contributed by atoms with Gasteiger partial charge in [0.2, 0.25) is 0 Å². The summed E-state index contributed by atoms with van der Waals surface area (Å²) in [4.78, 5) is 16.2. The maximum Gasteiger partial charge on any atom is 0.276 e. The largest absolute Gasteiger partial charge is 0.387 e. The number of nitrogens with zero attached hydrogens (tertiary/aromatic N) is 4. The van der Waals surface area contributed by atoms with E-state index in [0.717, 1.165) is 12.1 Å². The number of carbonyl (C=O) groups is 1. The zero-order valence-corrected chi connectivity index (χ0v) is 13.8. The molecule has 1 aromatic rings. The molecule has 1 fully saturated rings. The number of aromatic nitrogens is 2. The molecule has 0 aliphatic carbocycles. The fourth-order valence-corrected chi connectivity index (χ4v) is 3.11. The molecule has 6 nitrogen and oxygen atoms in total. The van der Waals surface area contributed by atoms with Crippen molar-refractivity contribution < 1.29 is 9.90 Å². The predicted octanol–water partition coefficient (Wildman–Crippen LogP) is 0.911. The summed E-state index contributed by atoms with van der Waals surface area (Å²) in [5.41, 5.74) is 0.166. The van der Waals surface area contributed by atoms with Crippen molar-refractivity contribution in [2.45, 2.75) is 25.4 Å². The lowest BCUT2D eigenvalue weighted by Crippen LogP contribution is -2.54. The van der Waals surface area contributed by atoms with Crippen molar-refractivity contribution in [3.8, 4) is 0 Å². The fraction of sp³-hybridized carbons (Fsp3) is 0.714. The molecule has 0 saturated carbocycles. The molecule has 21 heavy (non-hydrogen) atoms. The molecule has 1 atom stereocenters. The Labute approximate surface area is 130 Å². The van der Waals surface area contributed by atoms with E-state index >= 15 is 0 Å². The van der Waals surface area contributed by atoms with Crippen LogP contribution in [-0.2, 0) is 7.05 Å². The van der Waals surface area contributed by atoms with Gasteiger partial charge in [0.25, 0.3) is 5.91 Å². The van der Waals surface area contributed by atoms with E-state index in [1.54, 1.807) is 16.6 Å². The lowest BCUT2D eigenvalue weighted by molar-refractivity contribution is -0.0392. The van der Waals surface area contributed by atoms with E-state index in [1.165, 1.54) is 0 Å². The Balaban J connectivity index is 2.17. The average molecular weight is 315 g/mol. The number of hydrogen-bond donors (Lipinski definition) is 1. The van der Waals surface area contributed by atoms with Crippen molar-refractivity contribution in [2.24, 2.45) is 7.05 Å². The van der Waals surface area contributed by atoms with Crippen molar-refractivity contribution in [2.75, 3.05) is 33.7 Å². The first-order valence-electron chi connectivity index (χ1n) is 7.09. The molecule has 1 aromatic heterocycles. The summed E-state index contributed by atoms with van der Waals surface area (Å²) < 4.78 is 1.60. The van der Waals surface area contributed by atoms with Crippen LogP contribution in [0.2, 0.25) is 5.02 Å². The summed E-state index contributed by atoms with van der Waals surface area (Å²) in [6, 6.07) is 0. The molecule has 1 aliphatic heterocycles. The van der Waals surface area contributed by atoms with Gasteiger partial charge in [-0.3, -0.25) is 9.48 Å². The predicted molar refractivity (Wildman–Crippen MR) is 81.6 cm³/mol. The number of aryl methyl sites for hydroxylation is 1. The van der Waals surface area contributed by atoms with Gasteiger partial charge in [-0.15, -0.1) is 0 Å². The van der Waals surface area contributed by atoms with Gasteiger partial charge in [0.15, 0.2) is 5.69 Å². The standard InChI is InChI=1S/C14H23ClN4O2/c1-10-11(15)12(16-18(10)4)13(20)19-7-5-6-14(21,9-19)8-17(2)3/h21H,5-9H2,1-4H3/t14-/m1/s1. The maximum absolute atomic E-state index is 12.6. The minimum Gasteiger partial charge on any atom is -0.387 e. The molecule has 0 unspecified atom stereocenters. The molecule has 118 valence electrons. The number of aliphatic hydroxyl groups is 1. The molecule has 0 aromatic carbocycles. The highest BCUT2D eigenvalue weighted by Gasteiger charge is 2.37. The van der Waals surface area contributed by atoms with E-state index in [1.807, 2.05) is 25.9 Å². The Hall–Kier alpha value is -1.11. The highest BCUT2D eigenvalue weighted by atomic mass is 35.5. The van der Waals surface area contributed by atoms with Crippen LogP contribution in [0.4, 0.5) is 0 Å². The molecular weight excluding hydrogens is 292 g/mol. The second-order valence-electron chi connectivity index (χ2n) is 6.16. The molecule has 1 N–H and O–H groups in total. The Morgan fingerprint density at radius 2 is 2.19 bits per heavy atom. The number of piperidine rings is 1. The lowest BCUT2D eigenvalue weighted by Gasteiger charge is -2.40. The van der Waals surface area contributed by atoms with E-state index in [-0.39, 0.29) is 11.6 Å². The van der Waals surface area contributed by atoms with Crippen molar-refractivity contribution in [1.29, 1.82) is 0 Å². The van der Waals surface area contributed by atoms with Gasteiger partial charge in [0.1, 0.15) is 0 Å². The SMILES string of the molecule is Cc1c(Cl)c(C(=O)N2CCC[C@@](O)(CN(C)C)C2)nn1C. The van der Waals surface area contributed by atoms with Gasteiger partial charge in [-0.25, -0.2) is 0 Å². The average Bonchev–Trinajstić information content (AvgIpc) is 2.64. The minimum atomic E-state index is -0.867. The van der Waals surface area contributed by atoms with Gasteiger partial charge in [-0.05, 0) is 33.9 Å². The molecule has 2 rings (SSSR count). The highest BCUT2D eigenvalue weighted by molar-refractivity contribution is 6.34. The van der Waals surface area contributed by atoms with Crippen molar-refractivity contribution in [3.63, 3.8) is 0 Å². The number of β-amino-alcohol motifs (C(OH)–C–C–N with tert-alkyl or cyclic N) is 1. The molecule has 0 radical (unpaired) electrons. The molecule has 0 bridgehead atoms. The third-order valence-corrected chi connectivity index (χ3v) is 4.37. The minimum absolute atomic E-state index is 0.208. The number of carbonyl (C=O) groups excluding carboxylic acids is 1. The summed E-state index contributed by atoms with van der Waals surface area (Å²) in [7, 11) is 5.59. The van der Waals surface area contributed by atoms with Crippen LogP contribution in [0.3, 0.4) is 0 Å². The van der Waals surface area contributed by atoms with Gasteiger partial charge in [-0.1, -0.05) is 11.6 Å². The Bertz CT molecular complexity index is 543. The van der Waals surface area contributed by atoms with Crippen LogP contribution in [0.15, 0.2) is 0 Å². The third kappa shape index (κ3) is 3.39. The van der Waals surface area contributed by atoms with E-state index in [9.17, 15) is 9.90 Å². The maximum atomic E-state index is 12.6. The smallest absolute Gasteiger partial charge is 0.276 e. The van der Waals surface area contributed by atoms with Crippen LogP contribution in [-0.4, -0.2) is 69.9 Å². The summed E-state index contributed by atoms with van der Waals surface area (Å²) in [6.07, 6.45) is 1.48. The van der Waals surface area contributed by atoms with Gasteiger partial charge in [0, 0.05) is 20.1 Å². The third-order valence-electron chi connectivity index (χ3n) is 3.92.